The number of aliphatic carboxylic acids is 1. The molecule has 2 unspecified atom stereocenters. The van der Waals surface area contributed by atoms with Gasteiger partial charge in [0, 0.05) is 5.57 Å². The number of rotatable bonds is 6. The Balaban J connectivity index is 1.98. The maximum absolute atomic E-state index is 10.4. The minimum Gasteiger partial charge on any atom is -0.478 e. The molecule has 0 aliphatic carbocycles. The highest BCUT2D eigenvalue weighted by molar-refractivity contribution is 5.85. The van der Waals surface area contributed by atoms with Crippen LogP contribution in [0.1, 0.15) is 39.5 Å². The molecule has 80 valence electrons. The van der Waals surface area contributed by atoms with E-state index in [1.165, 1.54) is 0 Å². The van der Waals surface area contributed by atoms with Gasteiger partial charge in [-0.2, -0.15) is 0 Å². The molecular weight excluding hydrogens is 180 g/mol. The zero-order chi connectivity index (χ0) is 10.6. The quantitative estimate of drug-likeness (QED) is 0.405. The molecule has 0 radical (unpaired) electrons. The van der Waals surface area contributed by atoms with Crippen molar-refractivity contribution in [2.75, 3.05) is 0 Å². The monoisotopic (exact) mass is 198 g/mol. The highest BCUT2D eigenvalue weighted by Crippen LogP contribution is 2.26. The second-order valence-corrected chi connectivity index (χ2v) is 3.86. The lowest BCUT2D eigenvalue weighted by atomic mass is 10.1. The molecule has 3 heteroatoms. The highest BCUT2D eigenvalue weighted by Gasteiger charge is 2.32. The van der Waals surface area contributed by atoms with Crippen LogP contribution in [0.4, 0.5) is 0 Å². The standard InChI is InChI=1S/C11H18O3/c1-8(11(12)13)6-4-3-5-7-10-9(2)14-10/h6,9-10H,3-5,7H2,1-2H3,(H,12,13). The summed E-state index contributed by atoms with van der Waals surface area (Å²) in [6.07, 6.45) is 6.86. The van der Waals surface area contributed by atoms with E-state index in [1.54, 1.807) is 13.0 Å². The molecule has 1 saturated heterocycles. The van der Waals surface area contributed by atoms with E-state index in [-0.39, 0.29) is 0 Å². The average molecular weight is 198 g/mol. The third kappa shape index (κ3) is 3.92. The van der Waals surface area contributed by atoms with Gasteiger partial charge in [0.05, 0.1) is 12.2 Å². The normalized spacial score (nSPS) is 26.3. The summed E-state index contributed by atoms with van der Waals surface area (Å²) in [6, 6.07) is 0. The average Bonchev–Trinajstić information content (AvgIpc) is 2.81. The van der Waals surface area contributed by atoms with Crippen LogP contribution in [0.5, 0.6) is 0 Å². The lowest BCUT2D eigenvalue weighted by molar-refractivity contribution is -0.132. The van der Waals surface area contributed by atoms with E-state index in [9.17, 15) is 4.79 Å². The Labute approximate surface area is 84.8 Å². The van der Waals surface area contributed by atoms with Crippen molar-refractivity contribution in [2.24, 2.45) is 0 Å². The number of ether oxygens (including phenoxy) is 1. The fourth-order valence-corrected chi connectivity index (χ4v) is 1.43. The molecule has 1 aliphatic heterocycles. The van der Waals surface area contributed by atoms with E-state index in [0.717, 1.165) is 25.7 Å². The van der Waals surface area contributed by atoms with Crippen LogP contribution in [-0.2, 0) is 9.53 Å². The van der Waals surface area contributed by atoms with Crippen LogP contribution < -0.4 is 0 Å². The van der Waals surface area contributed by atoms with Crippen LogP contribution in [0.2, 0.25) is 0 Å². The first-order chi connectivity index (χ1) is 6.61. The summed E-state index contributed by atoms with van der Waals surface area (Å²) < 4.78 is 5.27. The molecule has 1 fully saturated rings. The van der Waals surface area contributed by atoms with E-state index in [2.05, 4.69) is 6.92 Å². The molecule has 1 N–H and O–H groups in total. The lowest BCUT2D eigenvalue weighted by Gasteiger charge is -1.96. The molecule has 0 aromatic carbocycles. The van der Waals surface area contributed by atoms with E-state index in [4.69, 9.17) is 9.84 Å². The third-order valence-electron chi connectivity index (χ3n) is 2.57. The zero-order valence-electron chi connectivity index (χ0n) is 8.82. The summed E-state index contributed by atoms with van der Waals surface area (Å²) in [5, 5.41) is 8.58. The van der Waals surface area contributed by atoms with Crippen LogP contribution >= 0.6 is 0 Å². The van der Waals surface area contributed by atoms with E-state index < -0.39 is 5.97 Å². The molecule has 0 saturated carbocycles. The molecular formula is C11H18O3. The number of carboxylic acid groups (broad SMARTS) is 1. The van der Waals surface area contributed by atoms with Crippen molar-refractivity contribution in [1.82, 2.24) is 0 Å². The lowest BCUT2D eigenvalue weighted by Crippen LogP contribution is -1.95. The van der Waals surface area contributed by atoms with E-state index in [1.807, 2.05) is 0 Å². The fraction of sp³-hybridized carbons (Fsp3) is 0.727. The zero-order valence-corrected chi connectivity index (χ0v) is 8.82. The number of carbonyl (C=O) groups is 1. The van der Waals surface area contributed by atoms with Crippen molar-refractivity contribution in [2.45, 2.75) is 51.7 Å². The van der Waals surface area contributed by atoms with E-state index >= 15 is 0 Å². The van der Waals surface area contributed by atoms with Gasteiger partial charge in [-0.05, 0) is 33.1 Å². The summed E-state index contributed by atoms with van der Waals surface area (Å²) in [5.74, 6) is -0.816. The van der Waals surface area contributed by atoms with E-state index in [0.29, 0.717) is 17.8 Å². The molecule has 1 rings (SSSR count). The fourth-order valence-electron chi connectivity index (χ4n) is 1.43. The Kier molecular flexibility index (Phi) is 4.14. The van der Waals surface area contributed by atoms with Crippen LogP contribution in [0.25, 0.3) is 0 Å². The summed E-state index contributed by atoms with van der Waals surface area (Å²) >= 11 is 0. The van der Waals surface area contributed by atoms with Crippen molar-refractivity contribution >= 4 is 5.97 Å². The first-order valence-electron chi connectivity index (χ1n) is 5.16. The van der Waals surface area contributed by atoms with Gasteiger partial charge in [0.1, 0.15) is 0 Å². The maximum Gasteiger partial charge on any atom is 0.330 e. The van der Waals surface area contributed by atoms with Gasteiger partial charge in [0.15, 0.2) is 0 Å². The van der Waals surface area contributed by atoms with Crippen LogP contribution in [-0.4, -0.2) is 23.3 Å². The van der Waals surface area contributed by atoms with Gasteiger partial charge in [-0.15, -0.1) is 0 Å². The van der Waals surface area contributed by atoms with Crippen molar-refractivity contribution in [3.05, 3.63) is 11.6 Å². The molecule has 0 amide bonds. The highest BCUT2D eigenvalue weighted by atomic mass is 16.6. The Bertz CT molecular complexity index is 233. The maximum atomic E-state index is 10.4. The number of carboxylic acids is 1. The topological polar surface area (TPSA) is 49.8 Å². The summed E-state index contributed by atoms with van der Waals surface area (Å²) in [7, 11) is 0. The molecule has 0 aromatic rings. The van der Waals surface area contributed by atoms with Gasteiger partial charge in [-0.25, -0.2) is 4.79 Å². The second-order valence-electron chi connectivity index (χ2n) is 3.86. The van der Waals surface area contributed by atoms with Crippen LogP contribution in [0.15, 0.2) is 11.6 Å². The largest absolute Gasteiger partial charge is 0.478 e. The molecule has 0 spiro atoms. The SMILES string of the molecule is CC(=CCCCCC1OC1C)C(=O)O. The Morgan fingerprint density at radius 3 is 2.64 bits per heavy atom. The minimum absolute atomic E-state index is 0.445. The first-order valence-corrected chi connectivity index (χ1v) is 5.16. The summed E-state index contributed by atoms with van der Waals surface area (Å²) in [5.41, 5.74) is 0.445. The molecule has 0 bridgehead atoms. The Hall–Kier alpha value is -0.830. The van der Waals surface area contributed by atoms with Crippen LogP contribution in [0.3, 0.4) is 0 Å². The van der Waals surface area contributed by atoms with Gasteiger partial charge in [-0.3, -0.25) is 0 Å². The summed E-state index contributed by atoms with van der Waals surface area (Å²) in [6.45, 7) is 3.72. The van der Waals surface area contributed by atoms with Crippen LogP contribution in [0, 0.1) is 0 Å². The number of hydrogen-bond acceptors (Lipinski definition) is 2. The smallest absolute Gasteiger partial charge is 0.330 e. The Morgan fingerprint density at radius 2 is 2.14 bits per heavy atom. The van der Waals surface area contributed by atoms with Gasteiger partial charge < -0.3 is 9.84 Å². The second kappa shape index (κ2) is 5.15. The van der Waals surface area contributed by atoms with Crippen molar-refractivity contribution < 1.29 is 14.6 Å². The number of epoxide rings is 1. The first kappa shape index (κ1) is 11.2. The molecule has 3 nitrogen and oxygen atoms in total. The molecule has 1 aliphatic rings. The predicted octanol–water partition coefficient (Wildman–Crippen LogP) is 2.36. The number of hydrogen-bond donors (Lipinski definition) is 1. The predicted molar refractivity (Wildman–Crippen MR) is 54.2 cm³/mol. The summed E-state index contributed by atoms with van der Waals surface area (Å²) in [4.78, 5) is 10.4. The van der Waals surface area contributed by atoms with Crippen molar-refractivity contribution in [3.63, 3.8) is 0 Å². The number of unbranched alkanes of at least 4 members (excludes halogenated alkanes) is 2. The number of allylic oxidation sites excluding steroid dienone is 1. The molecule has 1 heterocycles. The minimum atomic E-state index is -0.816. The van der Waals surface area contributed by atoms with Gasteiger partial charge in [0.25, 0.3) is 0 Å². The molecule has 14 heavy (non-hydrogen) atoms. The molecule has 2 atom stereocenters. The third-order valence-corrected chi connectivity index (χ3v) is 2.57. The Morgan fingerprint density at radius 1 is 1.50 bits per heavy atom. The van der Waals surface area contributed by atoms with Gasteiger partial charge in [0.2, 0.25) is 0 Å². The van der Waals surface area contributed by atoms with Gasteiger partial charge >= 0.3 is 5.97 Å². The van der Waals surface area contributed by atoms with Crippen molar-refractivity contribution in [1.29, 1.82) is 0 Å². The molecule has 0 aromatic heterocycles. The van der Waals surface area contributed by atoms with Gasteiger partial charge in [-0.1, -0.05) is 12.5 Å². The van der Waals surface area contributed by atoms with Crippen molar-refractivity contribution in [3.8, 4) is 0 Å².